The van der Waals surface area contributed by atoms with E-state index in [0.29, 0.717) is 12.1 Å². The molecule has 180 valence electrons. The van der Waals surface area contributed by atoms with Gasteiger partial charge in [-0.05, 0) is 56.2 Å². The summed E-state index contributed by atoms with van der Waals surface area (Å²) in [6.45, 7) is 3.46. The summed E-state index contributed by atoms with van der Waals surface area (Å²) >= 11 is 0. The second-order valence-corrected chi connectivity index (χ2v) is 8.36. The molecular weight excluding hydrogens is 448 g/mol. The molecule has 8 nitrogen and oxygen atoms in total. The molecule has 35 heavy (non-hydrogen) atoms. The fraction of sp³-hybridized carbons (Fsp3) is 0.259. The van der Waals surface area contributed by atoms with Crippen molar-refractivity contribution in [1.82, 2.24) is 9.47 Å². The Morgan fingerprint density at radius 2 is 1.54 bits per heavy atom. The van der Waals surface area contributed by atoms with Crippen molar-refractivity contribution in [2.45, 2.75) is 26.8 Å². The van der Waals surface area contributed by atoms with E-state index in [4.69, 9.17) is 9.47 Å². The van der Waals surface area contributed by atoms with Gasteiger partial charge in [0.15, 0.2) is 6.61 Å². The number of fused-ring (bicyclic) bond motifs is 1. The predicted molar refractivity (Wildman–Crippen MR) is 128 cm³/mol. The molecule has 0 spiro atoms. The Morgan fingerprint density at radius 1 is 0.914 bits per heavy atom. The minimum atomic E-state index is -0.818. The number of amides is 2. The average Bonchev–Trinajstić information content (AvgIpc) is 3.29. The van der Waals surface area contributed by atoms with E-state index in [0.717, 1.165) is 34.0 Å². The van der Waals surface area contributed by atoms with Gasteiger partial charge in [-0.2, -0.15) is 0 Å². The van der Waals surface area contributed by atoms with Crippen LogP contribution in [0.15, 0.2) is 54.6 Å². The minimum absolute atomic E-state index is 0.253. The zero-order valence-corrected chi connectivity index (χ0v) is 19.9. The molecule has 0 saturated carbocycles. The first-order chi connectivity index (χ1) is 16.8. The highest BCUT2D eigenvalue weighted by Gasteiger charge is 2.36. The van der Waals surface area contributed by atoms with Gasteiger partial charge in [-0.3, -0.25) is 24.1 Å². The molecule has 1 aliphatic heterocycles. The number of Topliss-reactive ketones (excluding diaryl/α,β-unsaturated/α-hetero) is 1. The van der Waals surface area contributed by atoms with Gasteiger partial charge in [0.1, 0.15) is 12.3 Å². The quantitative estimate of drug-likeness (QED) is 0.268. The lowest BCUT2D eigenvalue weighted by Crippen LogP contribution is -2.36. The third kappa shape index (κ3) is 4.87. The number of hydrogen-bond donors (Lipinski definition) is 0. The number of rotatable bonds is 9. The van der Waals surface area contributed by atoms with Crippen molar-refractivity contribution in [2.24, 2.45) is 0 Å². The largest absolute Gasteiger partial charge is 0.497 e. The van der Waals surface area contributed by atoms with Crippen LogP contribution in [0.1, 0.15) is 48.0 Å². The zero-order chi connectivity index (χ0) is 25.1. The van der Waals surface area contributed by atoms with Crippen molar-refractivity contribution >= 4 is 23.6 Å². The molecule has 8 heteroatoms. The van der Waals surface area contributed by atoms with Gasteiger partial charge in [-0.15, -0.1) is 0 Å². The van der Waals surface area contributed by atoms with E-state index in [-0.39, 0.29) is 16.9 Å². The lowest BCUT2D eigenvalue weighted by atomic mass is 10.1. The van der Waals surface area contributed by atoms with E-state index in [2.05, 4.69) is 4.57 Å². The van der Waals surface area contributed by atoms with E-state index in [1.807, 2.05) is 38.1 Å². The smallest absolute Gasteiger partial charge is 0.326 e. The van der Waals surface area contributed by atoms with Crippen LogP contribution in [-0.4, -0.2) is 53.3 Å². The van der Waals surface area contributed by atoms with Crippen LogP contribution >= 0.6 is 0 Å². The Labute approximate surface area is 203 Å². The monoisotopic (exact) mass is 474 g/mol. The summed E-state index contributed by atoms with van der Waals surface area (Å²) in [6.07, 6.45) is 0.781. The average molecular weight is 475 g/mol. The lowest BCUT2D eigenvalue weighted by Gasteiger charge is -2.13. The van der Waals surface area contributed by atoms with Gasteiger partial charge in [-0.1, -0.05) is 24.3 Å². The van der Waals surface area contributed by atoms with Gasteiger partial charge >= 0.3 is 5.97 Å². The Morgan fingerprint density at radius 3 is 2.14 bits per heavy atom. The Kier molecular flexibility index (Phi) is 6.82. The zero-order valence-electron chi connectivity index (χ0n) is 19.9. The maximum Gasteiger partial charge on any atom is 0.326 e. The summed E-state index contributed by atoms with van der Waals surface area (Å²) in [5.74, 6) is -1.46. The van der Waals surface area contributed by atoms with Crippen LogP contribution in [0.25, 0.3) is 0 Å². The van der Waals surface area contributed by atoms with Crippen LogP contribution in [0, 0.1) is 13.8 Å². The maximum absolute atomic E-state index is 12.8. The number of aromatic nitrogens is 1. The summed E-state index contributed by atoms with van der Waals surface area (Å²) < 4.78 is 12.4. The van der Waals surface area contributed by atoms with Gasteiger partial charge in [0.25, 0.3) is 11.8 Å². The minimum Gasteiger partial charge on any atom is -0.497 e. The number of ketones is 1. The van der Waals surface area contributed by atoms with Crippen LogP contribution in [-0.2, 0) is 22.5 Å². The molecule has 1 aliphatic rings. The number of aryl methyl sites for hydroxylation is 2. The van der Waals surface area contributed by atoms with Gasteiger partial charge in [0, 0.05) is 23.5 Å². The summed E-state index contributed by atoms with van der Waals surface area (Å²) in [5, 5.41) is 0. The summed E-state index contributed by atoms with van der Waals surface area (Å²) in [6, 6.07) is 16.0. The van der Waals surface area contributed by atoms with Crippen molar-refractivity contribution in [1.29, 1.82) is 0 Å². The van der Waals surface area contributed by atoms with Gasteiger partial charge in [0.2, 0.25) is 5.78 Å². The highest BCUT2D eigenvalue weighted by atomic mass is 16.5. The summed E-state index contributed by atoms with van der Waals surface area (Å²) in [4.78, 5) is 50.7. The molecule has 2 aromatic carbocycles. The molecule has 2 amide bonds. The molecule has 0 fully saturated rings. The molecule has 0 bridgehead atoms. The standard InChI is InChI=1S/C27H26N2O6/c1-17-14-23(18(2)28(17)13-12-19-8-10-20(34-3)11-9-19)24(30)16-35-25(31)15-29-26(32)21-6-4-5-7-22(21)27(29)33/h4-11,14H,12-13,15-16H2,1-3H3. The van der Waals surface area contributed by atoms with E-state index in [1.54, 1.807) is 25.3 Å². The topological polar surface area (TPSA) is 94.9 Å². The molecule has 0 saturated heterocycles. The Bertz CT molecular complexity index is 1270. The number of benzene rings is 2. The van der Waals surface area contributed by atoms with Crippen molar-refractivity contribution in [2.75, 3.05) is 20.3 Å². The van der Waals surface area contributed by atoms with Crippen molar-refractivity contribution in [3.63, 3.8) is 0 Å². The van der Waals surface area contributed by atoms with Crippen molar-refractivity contribution < 1.29 is 28.7 Å². The Balaban J connectivity index is 1.34. The van der Waals surface area contributed by atoms with Gasteiger partial charge in [-0.25, -0.2) is 0 Å². The molecule has 0 N–H and O–H groups in total. The SMILES string of the molecule is COc1ccc(CCn2c(C)cc(C(=O)COC(=O)CN3C(=O)c4ccccc4C3=O)c2C)cc1. The molecule has 1 aromatic heterocycles. The second kappa shape index (κ2) is 9.97. The van der Waals surface area contributed by atoms with Crippen molar-refractivity contribution in [3.8, 4) is 5.75 Å². The number of carbonyl (C=O) groups excluding carboxylic acids is 4. The molecule has 3 aromatic rings. The fourth-order valence-electron chi connectivity index (χ4n) is 4.24. The maximum atomic E-state index is 12.8. The third-order valence-electron chi connectivity index (χ3n) is 6.19. The number of methoxy groups -OCH3 is 1. The van der Waals surface area contributed by atoms with E-state index >= 15 is 0 Å². The van der Waals surface area contributed by atoms with E-state index in [9.17, 15) is 19.2 Å². The fourth-order valence-corrected chi connectivity index (χ4v) is 4.24. The van der Waals surface area contributed by atoms with E-state index in [1.165, 1.54) is 12.1 Å². The molecule has 4 rings (SSSR count). The first-order valence-corrected chi connectivity index (χ1v) is 11.2. The molecular formula is C27H26N2O6. The van der Waals surface area contributed by atoms with Crippen LogP contribution in [0.3, 0.4) is 0 Å². The summed E-state index contributed by atoms with van der Waals surface area (Å²) in [7, 11) is 1.63. The number of imide groups is 1. The first kappa shape index (κ1) is 23.9. The second-order valence-electron chi connectivity index (χ2n) is 8.36. The van der Waals surface area contributed by atoms with Crippen LogP contribution in [0.5, 0.6) is 5.75 Å². The first-order valence-electron chi connectivity index (χ1n) is 11.2. The lowest BCUT2D eigenvalue weighted by molar-refractivity contribution is -0.142. The van der Waals surface area contributed by atoms with Gasteiger partial charge < -0.3 is 14.0 Å². The Hall–Kier alpha value is -4.20. The van der Waals surface area contributed by atoms with Crippen LogP contribution < -0.4 is 4.74 Å². The number of hydrogen-bond acceptors (Lipinski definition) is 6. The highest BCUT2D eigenvalue weighted by Crippen LogP contribution is 2.22. The normalized spacial score (nSPS) is 12.6. The number of nitrogens with zero attached hydrogens (tertiary/aromatic N) is 2. The molecule has 2 heterocycles. The van der Waals surface area contributed by atoms with Crippen molar-refractivity contribution in [3.05, 3.63) is 88.2 Å². The third-order valence-corrected chi connectivity index (χ3v) is 6.19. The van der Waals surface area contributed by atoms with Crippen LogP contribution in [0.4, 0.5) is 0 Å². The molecule has 0 radical (unpaired) electrons. The molecule has 0 aliphatic carbocycles. The summed E-state index contributed by atoms with van der Waals surface area (Å²) in [5.41, 5.74) is 3.85. The predicted octanol–water partition coefficient (Wildman–Crippen LogP) is 3.38. The molecule has 0 unspecified atom stereocenters. The highest BCUT2D eigenvalue weighted by molar-refractivity contribution is 6.22. The number of carbonyl (C=O) groups is 4. The molecule has 0 atom stereocenters. The number of ether oxygens (including phenoxy) is 2. The van der Waals surface area contributed by atoms with Gasteiger partial charge in [0.05, 0.1) is 18.2 Å². The van der Waals surface area contributed by atoms with E-state index < -0.39 is 30.9 Å². The number of esters is 1. The van der Waals surface area contributed by atoms with Crippen LogP contribution in [0.2, 0.25) is 0 Å².